The molecular formula is C20H26F2IN3O2. The minimum Gasteiger partial charge on any atom is -0.497 e. The second-order valence-corrected chi connectivity index (χ2v) is 5.96. The van der Waals surface area contributed by atoms with Gasteiger partial charge in [-0.05, 0) is 30.7 Å². The molecule has 8 heteroatoms. The molecule has 0 saturated heterocycles. The third-order valence-corrected chi connectivity index (χ3v) is 4.19. The molecule has 2 aromatic carbocycles. The number of nitrogens with one attached hydrogen (secondary N) is 1. The van der Waals surface area contributed by atoms with E-state index < -0.39 is 11.6 Å². The molecule has 28 heavy (non-hydrogen) atoms. The number of benzene rings is 2. The van der Waals surface area contributed by atoms with E-state index in [0.717, 1.165) is 5.56 Å². The standard InChI is InChI=1S/C20H25F2N3O2.HI/c1-23-20(24-11-10-16-17(21)6-5-7-18(16)22)25(2)13-14-8-9-15(26-3)12-19(14)27-4;/h5-9,12H,10-11,13H2,1-4H3,(H,23,24);1H. The van der Waals surface area contributed by atoms with Gasteiger partial charge in [0.1, 0.15) is 23.1 Å². The zero-order chi connectivity index (χ0) is 19.8. The Morgan fingerprint density at radius 2 is 1.79 bits per heavy atom. The molecule has 0 fully saturated rings. The van der Waals surface area contributed by atoms with Gasteiger partial charge in [-0.25, -0.2) is 8.78 Å². The molecule has 0 atom stereocenters. The van der Waals surface area contributed by atoms with Crippen LogP contribution in [0, 0.1) is 11.6 Å². The molecule has 0 spiro atoms. The molecule has 0 bridgehead atoms. The Labute approximate surface area is 181 Å². The monoisotopic (exact) mass is 505 g/mol. The molecule has 0 aliphatic heterocycles. The fraction of sp³-hybridized carbons (Fsp3) is 0.350. The van der Waals surface area contributed by atoms with E-state index >= 15 is 0 Å². The lowest BCUT2D eigenvalue weighted by atomic mass is 10.1. The number of hydrogen-bond donors (Lipinski definition) is 1. The van der Waals surface area contributed by atoms with Gasteiger partial charge in [-0.2, -0.15) is 0 Å². The summed E-state index contributed by atoms with van der Waals surface area (Å²) in [5, 5.41) is 3.13. The van der Waals surface area contributed by atoms with Gasteiger partial charge in [0.25, 0.3) is 0 Å². The van der Waals surface area contributed by atoms with Crippen LogP contribution in [0.5, 0.6) is 11.5 Å². The Morgan fingerprint density at radius 1 is 1.11 bits per heavy atom. The van der Waals surface area contributed by atoms with E-state index in [1.807, 2.05) is 30.1 Å². The summed E-state index contributed by atoms with van der Waals surface area (Å²) in [5.74, 6) is 0.966. The number of rotatable bonds is 7. The first kappa shape index (κ1) is 23.9. The highest BCUT2D eigenvalue weighted by molar-refractivity contribution is 14.0. The van der Waals surface area contributed by atoms with Crippen molar-refractivity contribution in [2.45, 2.75) is 13.0 Å². The summed E-state index contributed by atoms with van der Waals surface area (Å²) in [6.07, 6.45) is 0.219. The van der Waals surface area contributed by atoms with E-state index in [-0.39, 0.29) is 36.0 Å². The van der Waals surface area contributed by atoms with Crippen molar-refractivity contribution in [2.24, 2.45) is 4.99 Å². The van der Waals surface area contributed by atoms with Gasteiger partial charge in [0, 0.05) is 44.4 Å². The van der Waals surface area contributed by atoms with Crippen molar-refractivity contribution in [2.75, 3.05) is 34.9 Å². The normalized spacial score (nSPS) is 10.9. The molecule has 154 valence electrons. The maximum Gasteiger partial charge on any atom is 0.193 e. The third kappa shape index (κ3) is 6.22. The molecule has 0 aromatic heterocycles. The van der Waals surface area contributed by atoms with Crippen molar-refractivity contribution in [1.82, 2.24) is 10.2 Å². The van der Waals surface area contributed by atoms with Crippen LogP contribution < -0.4 is 14.8 Å². The molecular weight excluding hydrogens is 479 g/mol. The molecule has 0 aliphatic rings. The topological polar surface area (TPSA) is 46.1 Å². The quantitative estimate of drug-likeness (QED) is 0.353. The second kappa shape index (κ2) is 11.7. The van der Waals surface area contributed by atoms with E-state index in [4.69, 9.17) is 9.47 Å². The molecule has 0 radical (unpaired) electrons. The van der Waals surface area contributed by atoms with Crippen molar-refractivity contribution >= 4 is 29.9 Å². The van der Waals surface area contributed by atoms with Crippen LogP contribution in [-0.2, 0) is 13.0 Å². The van der Waals surface area contributed by atoms with Gasteiger partial charge in [0.15, 0.2) is 5.96 Å². The van der Waals surface area contributed by atoms with Gasteiger partial charge in [0.05, 0.1) is 14.2 Å². The number of ether oxygens (including phenoxy) is 2. The minimum atomic E-state index is -0.539. The molecule has 1 N–H and O–H groups in total. The molecule has 2 aromatic rings. The first-order chi connectivity index (χ1) is 13.0. The number of guanidine groups is 1. The number of nitrogens with zero attached hydrogens (tertiary/aromatic N) is 2. The fourth-order valence-electron chi connectivity index (χ4n) is 2.77. The number of aliphatic imine (C=N–C) groups is 1. The molecule has 0 heterocycles. The highest BCUT2D eigenvalue weighted by Gasteiger charge is 2.12. The molecule has 0 unspecified atom stereocenters. The van der Waals surface area contributed by atoms with Crippen LogP contribution in [0.25, 0.3) is 0 Å². The zero-order valence-electron chi connectivity index (χ0n) is 16.5. The lowest BCUT2D eigenvalue weighted by molar-refractivity contribution is 0.382. The first-order valence-electron chi connectivity index (χ1n) is 8.55. The first-order valence-corrected chi connectivity index (χ1v) is 8.55. The second-order valence-electron chi connectivity index (χ2n) is 5.96. The summed E-state index contributed by atoms with van der Waals surface area (Å²) in [4.78, 5) is 6.13. The van der Waals surface area contributed by atoms with Crippen LogP contribution in [0.2, 0.25) is 0 Å². The van der Waals surface area contributed by atoms with Crippen LogP contribution in [0.4, 0.5) is 8.78 Å². The van der Waals surface area contributed by atoms with Gasteiger partial charge < -0.3 is 19.7 Å². The Kier molecular flexibility index (Phi) is 9.98. The fourth-order valence-corrected chi connectivity index (χ4v) is 2.77. The van der Waals surface area contributed by atoms with Crippen molar-refractivity contribution in [1.29, 1.82) is 0 Å². The Balaban J connectivity index is 0.00000392. The molecule has 2 rings (SSSR count). The number of hydrogen-bond acceptors (Lipinski definition) is 3. The highest BCUT2D eigenvalue weighted by Crippen LogP contribution is 2.25. The van der Waals surface area contributed by atoms with Crippen LogP contribution in [0.3, 0.4) is 0 Å². The van der Waals surface area contributed by atoms with Crippen molar-refractivity contribution < 1.29 is 18.3 Å². The van der Waals surface area contributed by atoms with Crippen molar-refractivity contribution in [3.63, 3.8) is 0 Å². The largest absolute Gasteiger partial charge is 0.497 e. The number of halogens is 3. The van der Waals surface area contributed by atoms with E-state index in [1.54, 1.807) is 21.3 Å². The van der Waals surface area contributed by atoms with Gasteiger partial charge in [-0.1, -0.05) is 6.07 Å². The van der Waals surface area contributed by atoms with Crippen LogP contribution in [-0.4, -0.2) is 45.7 Å². The van der Waals surface area contributed by atoms with E-state index in [2.05, 4.69) is 10.3 Å². The third-order valence-electron chi connectivity index (χ3n) is 4.19. The molecule has 0 aliphatic carbocycles. The predicted octanol–water partition coefficient (Wildman–Crippen LogP) is 3.85. The molecule has 0 amide bonds. The maximum absolute atomic E-state index is 13.7. The highest BCUT2D eigenvalue weighted by atomic mass is 127. The summed E-state index contributed by atoms with van der Waals surface area (Å²) in [5.41, 5.74) is 1.03. The molecule has 5 nitrogen and oxygen atoms in total. The van der Waals surface area contributed by atoms with Gasteiger partial charge in [-0.3, -0.25) is 4.99 Å². The van der Waals surface area contributed by atoms with Crippen LogP contribution >= 0.6 is 24.0 Å². The Morgan fingerprint density at radius 3 is 2.36 bits per heavy atom. The predicted molar refractivity (Wildman–Crippen MR) is 118 cm³/mol. The number of methoxy groups -OCH3 is 2. The van der Waals surface area contributed by atoms with Gasteiger partial charge in [-0.15, -0.1) is 24.0 Å². The summed E-state index contributed by atoms with van der Waals surface area (Å²) < 4.78 is 38.1. The lowest BCUT2D eigenvalue weighted by Gasteiger charge is -2.23. The minimum absolute atomic E-state index is 0. The average Bonchev–Trinajstić information content (AvgIpc) is 2.67. The van der Waals surface area contributed by atoms with Crippen molar-refractivity contribution in [3.05, 3.63) is 59.2 Å². The average molecular weight is 505 g/mol. The van der Waals surface area contributed by atoms with Crippen LogP contribution in [0.1, 0.15) is 11.1 Å². The maximum atomic E-state index is 13.7. The SMILES string of the molecule is CN=C(NCCc1c(F)cccc1F)N(C)Cc1ccc(OC)cc1OC.I. The zero-order valence-corrected chi connectivity index (χ0v) is 18.8. The summed E-state index contributed by atoms with van der Waals surface area (Å²) in [6.45, 7) is 0.898. The Bertz CT molecular complexity index is 783. The van der Waals surface area contributed by atoms with E-state index in [9.17, 15) is 8.78 Å². The van der Waals surface area contributed by atoms with E-state index in [1.165, 1.54) is 18.2 Å². The molecule has 0 saturated carbocycles. The Hall–Kier alpha value is -2.10. The lowest BCUT2D eigenvalue weighted by Crippen LogP contribution is -2.39. The van der Waals surface area contributed by atoms with Crippen LogP contribution in [0.15, 0.2) is 41.4 Å². The van der Waals surface area contributed by atoms with Crippen molar-refractivity contribution in [3.8, 4) is 11.5 Å². The summed E-state index contributed by atoms with van der Waals surface area (Å²) in [6, 6.07) is 9.49. The summed E-state index contributed by atoms with van der Waals surface area (Å²) >= 11 is 0. The summed E-state index contributed by atoms with van der Waals surface area (Å²) in [7, 11) is 6.75. The smallest absolute Gasteiger partial charge is 0.193 e. The van der Waals surface area contributed by atoms with Gasteiger partial charge in [0.2, 0.25) is 0 Å². The van der Waals surface area contributed by atoms with Gasteiger partial charge >= 0.3 is 0 Å². The van der Waals surface area contributed by atoms with E-state index in [0.29, 0.717) is 30.5 Å².